The highest BCUT2D eigenvalue weighted by atomic mass is 16.4. The summed E-state index contributed by atoms with van der Waals surface area (Å²) in [6.45, 7) is 0. The van der Waals surface area contributed by atoms with E-state index in [1.807, 2.05) is 0 Å². The molecule has 74 valence electrons. The molecule has 0 saturated heterocycles. The van der Waals surface area contributed by atoms with Gasteiger partial charge in [-0.2, -0.15) is 0 Å². The van der Waals surface area contributed by atoms with Crippen molar-refractivity contribution in [2.75, 3.05) is 0 Å². The van der Waals surface area contributed by atoms with Crippen LogP contribution in [0.25, 0.3) is 0 Å². The molecule has 0 saturated carbocycles. The van der Waals surface area contributed by atoms with Crippen LogP contribution in [0.3, 0.4) is 0 Å². The molecule has 3 N–H and O–H groups in total. The van der Waals surface area contributed by atoms with Crippen molar-refractivity contribution in [2.45, 2.75) is 12.5 Å². The normalized spacial score (nSPS) is 24.6. The van der Waals surface area contributed by atoms with Gasteiger partial charge in [0.1, 0.15) is 5.75 Å². The highest BCUT2D eigenvalue weighted by molar-refractivity contribution is 5.73. The number of carboxylic acid groups (broad SMARTS) is 1. The number of carboxylic acids is 1. The van der Waals surface area contributed by atoms with E-state index in [2.05, 4.69) is 0 Å². The summed E-state index contributed by atoms with van der Waals surface area (Å²) in [5, 5.41) is 27.6. The Bertz CT molecular complexity index is 386. The molecule has 1 aliphatic rings. The number of benzene rings is 1. The smallest absolute Gasteiger partial charge is 0.309 e. The molecule has 2 rings (SSSR count). The highest BCUT2D eigenvalue weighted by Gasteiger charge is 2.36. The number of rotatable bonds is 1. The number of phenolic OH excluding ortho intramolecular Hbond substituents is 1. The molecule has 0 spiro atoms. The van der Waals surface area contributed by atoms with E-state index in [-0.39, 0.29) is 5.75 Å². The van der Waals surface area contributed by atoms with Gasteiger partial charge in [-0.1, -0.05) is 6.07 Å². The number of phenols is 1. The number of carbonyl (C=O) groups is 1. The first-order valence-electron chi connectivity index (χ1n) is 4.32. The van der Waals surface area contributed by atoms with Gasteiger partial charge in [0.25, 0.3) is 0 Å². The van der Waals surface area contributed by atoms with Gasteiger partial charge in [0, 0.05) is 0 Å². The second kappa shape index (κ2) is 2.99. The molecule has 2 unspecified atom stereocenters. The fraction of sp³-hybridized carbons (Fsp3) is 0.300. The number of hydrogen-bond acceptors (Lipinski definition) is 3. The summed E-state index contributed by atoms with van der Waals surface area (Å²) in [7, 11) is 0. The second-order valence-electron chi connectivity index (χ2n) is 3.48. The Hall–Kier alpha value is -1.55. The van der Waals surface area contributed by atoms with E-state index in [0.717, 1.165) is 5.56 Å². The van der Waals surface area contributed by atoms with Crippen LogP contribution in [0.1, 0.15) is 17.2 Å². The van der Waals surface area contributed by atoms with Gasteiger partial charge >= 0.3 is 5.97 Å². The lowest BCUT2D eigenvalue weighted by Crippen LogP contribution is -2.17. The molecular formula is C10H10O4. The SMILES string of the molecule is O=C(O)C1Cc2ccc(O)cc2C1O. The minimum absolute atomic E-state index is 0.0499. The van der Waals surface area contributed by atoms with Crippen LogP contribution in [0.4, 0.5) is 0 Å². The average Bonchev–Trinajstić information content (AvgIpc) is 2.44. The third kappa shape index (κ3) is 1.24. The zero-order valence-electron chi connectivity index (χ0n) is 7.34. The van der Waals surface area contributed by atoms with Crippen molar-refractivity contribution in [1.29, 1.82) is 0 Å². The summed E-state index contributed by atoms with van der Waals surface area (Å²) in [5.41, 5.74) is 1.32. The van der Waals surface area contributed by atoms with Crippen LogP contribution >= 0.6 is 0 Å². The summed E-state index contributed by atoms with van der Waals surface area (Å²) >= 11 is 0. The summed E-state index contributed by atoms with van der Waals surface area (Å²) in [5.74, 6) is -1.74. The van der Waals surface area contributed by atoms with Crippen molar-refractivity contribution < 1.29 is 20.1 Å². The minimum Gasteiger partial charge on any atom is -0.508 e. The average molecular weight is 194 g/mol. The van der Waals surface area contributed by atoms with Gasteiger partial charge in [0.05, 0.1) is 12.0 Å². The van der Waals surface area contributed by atoms with Gasteiger partial charge in [-0.25, -0.2) is 0 Å². The van der Waals surface area contributed by atoms with Gasteiger partial charge in [0.2, 0.25) is 0 Å². The topological polar surface area (TPSA) is 77.8 Å². The van der Waals surface area contributed by atoms with Crippen molar-refractivity contribution in [1.82, 2.24) is 0 Å². The van der Waals surface area contributed by atoms with Gasteiger partial charge in [-0.3, -0.25) is 4.79 Å². The second-order valence-corrected chi connectivity index (χ2v) is 3.48. The van der Waals surface area contributed by atoms with Gasteiger partial charge in [-0.05, 0) is 29.7 Å². The third-order valence-corrected chi connectivity index (χ3v) is 2.59. The van der Waals surface area contributed by atoms with Gasteiger partial charge < -0.3 is 15.3 Å². The van der Waals surface area contributed by atoms with E-state index < -0.39 is 18.0 Å². The van der Waals surface area contributed by atoms with Crippen LogP contribution in [0.5, 0.6) is 5.75 Å². The van der Waals surface area contributed by atoms with E-state index in [4.69, 9.17) is 5.11 Å². The molecular weight excluding hydrogens is 184 g/mol. The van der Waals surface area contributed by atoms with Crippen molar-refractivity contribution in [2.24, 2.45) is 5.92 Å². The van der Waals surface area contributed by atoms with Gasteiger partial charge in [0.15, 0.2) is 0 Å². The fourth-order valence-corrected chi connectivity index (χ4v) is 1.83. The van der Waals surface area contributed by atoms with E-state index in [1.165, 1.54) is 12.1 Å². The van der Waals surface area contributed by atoms with E-state index in [1.54, 1.807) is 6.07 Å². The largest absolute Gasteiger partial charge is 0.508 e. The maximum absolute atomic E-state index is 10.7. The summed E-state index contributed by atoms with van der Waals surface area (Å²) in [6, 6.07) is 4.57. The Morgan fingerprint density at radius 3 is 2.79 bits per heavy atom. The lowest BCUT2D eigenvalue weighted by atomic mass is 10.0. The molecule has 0 bridgehead atoms. The molecule has 4 nitrogen and oxygen atoms in total. The Kier molecular flexibility index (Phi) is 1.93. The highest BCUT2D eigenvalue weighted by Crippen LogP contribution is 2.37. The van der Waals surface area contributed by atoms with Crippen molar-refractivity contribution >= 4 is 5.97 Å². The molecule has 0 aromatic heterocycles. The zero-order chi connectivity index (χ0) is 10.3. The molecule has 1 aromatic rings. The summed E-state index contributed by atoms with van der Waals surface area (Å²) in [6.07, 6.45) is -0.679. The van der Waals surface area contributed by atoms with Crippen LogP contribution in [0.2, 0.25) is 0 Å². The predicted octanol–water partition coefficient (Wildman–Crippen LogP) is 0.682. The Balaban J connectivity index is 2.41. The zero-order valence-corrected chi connectivity index (χ0v) is 7.34. The Morgan fingerprint density at radius 1 is 1.43 bits per heavy atom. The molecule has 1 aliphatic carbocycles. The summed E-state index contributed by atoms with van der Waals surface area (Å²) < 4.78 is 0. The van der Waals surface area contributed by atoms with Crippen LogP contribution in [0.15, 0.2) is 18.2 Å². The predicted molar refractivity (Wildman–Crippen MR) is 47.9 cm³/mol. The standard InChI is InChI=1S/C10H10O4/c11-6-2-1-5-3-8(10(13)14)9(12)7(5)4-6/h1-2,4,8-9,11-12H,3H2,(H,13,14). The molecule has 0 radical (unpaired) electrons. The van der Waals surface area contributed by atoms with Crippen molar-refractivity contribution in [3.8, 4) is 5.75 Å². The first-order chi connectivity index (χ1) is 6.59. The maximum Gasteiger partial charge on any atom is 0.309 e. The van der Waals surface area contributed by atoms with E-state index in [9.17, 15) is 15.0 Å². The lowest BCUT2D eigenvalue weighted by Gasteiger charge is -2.09. The molecule has 2 atom stereocenters. The number of fused-ring (bicyclic) bond motifs is 1. The van der Waals surface area contributed by atoms with E-state index in [0.29, 0.717) is 12.0 Å². The molecule has 4 heteroatoms. The molecule has 0 fully saturated rings. The maximum atomic E-state index is 10.7. The van der Waals surface area contributed by atoms with Gasteiger partial charge in [-0.15, -0.1) is 0 Å². The van der Waals surface area contributed by atoms with Crippen LogP contribution in [0, 0.1) is 5.92 Å². The monoisotopic (exact) mass is 194 g/mol. The number of aliphatic hydroxyl groups is 1. The Labute approximate surface area is 80.4 Å². The van der Waals surface area contributed by atoms with Crippen LogP contribution in [-0.4, -0.2) is 21.3 Å². The summed E-state index contributed by atoms with van der Waals surface area (Å²) in [4.78, 5) is 10.7. The molecule has 1 aromatic carbocycles. The van der Waals surface area contributed by atoms with Crippen LogP contribution in [-0.2, 0) is 11.2 Å². The quantitative estimate of drug-likeness (QED) is 0.614. The number of hydrogen-bond donors (Lipinski definition) is 3. The molecule has 0 aliphatic heterocycles. The van der Waals surface area contributed by atoms with E-state index >= 15 is 0 Å². The first-order valence-corrected chi connectivity index (χ1v) is 4.32. The minimum atomic E-state index is -1.01. The molecule has 0 amide bonds. The molecule has 0 heterocycles. The number of aliphatic hydroxyl groups excluding tert-OH is 1. The van der Waals surface area contributed by atoms with Crippen molar-refractivity contribution in [3.63, 3.8) is 0 Å². The molecule has 14 heavy (non-hydrogen) atoms. The first kappa shape index (κ1) is 9.02. The third-order valence-electron chi connectivity index (χ3n) is 2.59. The van der Waals surface area contributed by atoms with Crippen LogP contribution < -0.4 is 0 Å². The lowest BCUT2D eigenvalue weighted by molar-refractivity contribution is -0.145. The number of aliphatic carboxylic acids is 1. The van der Waals surface area contributed by atoms with Crippen molar-refractivity contribution in [3.05, 3.63) is 29.3 Å². The fourth-order valence-electron chi connectivity index (χ4n) is 1.83. The number of aromatic hydroxyl groups is 1. The Morgan fingerprint density at radius 2 is 2.14 bits per heavy atom.